The van der Waals surface area contributed by atoms with Crippen LogP contribution in [0, 0.1) is 6.92 Å². The van der Waals surface area contributed by atoms with E-state index in [0.717, 1.165) is 27.0 Å². The van der Waals surface area contributed by atoms with Crippen LogP contribution in [0.1, 0.15) is 24.0 Å². The molecular weight excluding hydrogens is 380 g/mol. The summed E-state index contributed by atoms with van der Waals surface area (Å²) in [7, 11) is 3.96. The van der Waals surface area contributed by atoms with Gasteiger partial charge in [-0.25, -0.2) is 0 Å². The molecule has 4 nitrogen and oxygen atoms in total. The molecule has 1 atom stereocenters. The Morgan fingerprint density at radius 1 is 1.28 bits per heavy atom. The number of carbonyl (C=O) groups is 1. The van der Waals surface area contributed by atoms with Gasteiger partial charge in [-0.2, -0.15) is 0 Å². The van der Waals surface area contributed by atoms with Gasteiger partial charge in [0.2, 0.25) is 0 Å². The zero-order chi connectivity index (χ0) is 18.4. The van der Waals surface area contributed by atoms with Crippen LogP contribution in [0.2, 0.25) is 0 Å². The van der Waals surface area contributed by atoms with E-state index in [2.05, 4.69) is 20.9 Å². The molecule has 0 saturated heterocycles. The maximum Gasteiger partial charge on any atom is 0.318 e. The van der Waals surface area contributed by atoms with Crippen molar-refractivity contribution in [1.29, 1.82) is 0 Å². The van der Waals surface area contributed by atoms with E-state index in [9.17, 15) is 4.79 Å². The predicted molar refractivity (Wildman–Crippen MR) is 107 cm³/mol. The molecular formula is C20H23BrN2O2. The lowest BCUT2D eigenvalue weighted by molar-refractivity contribution is -0.143. The summed E-state index contributed by atoms with van der Waals surface area (Å²) in [5, 5.41) is 0. The van der Waals surface area contributed by atoms with Gasteiger partial charge in [-0.15, -0.1) is 0 Å². The highest BCUT2D eigenvalue weighted by atomic mass is 79.9. The number of halogens is 1. The Bertz CT molecular complexity index is 772. The van der Waals surface area contributed by atoms with E-state index < -0.39 is 5.92 Å². The van der Waals surface area contributed by atoms with Crippen LogP contribution in [0.25, 0.3) is 0 Å². The third-order valence-corrected chi connectivity index (χ3v) is 4.76. The van der Waals surface area contributed by atoms with Crippen LogP contribution < -0.4 is 4.90 Å². The van der Waals surface area contributed by atoms with Crippen LogP contribution in [0.4, 0.5) is 11.4 Å². The normalized spacial score (nSPS) is 12.2. The summed E-state index contributed by atoms with van der Waals surface area (Å²) in [6.45, 7) is 4.12. The van der Waals surface area contributed by atoms with Crippen molar-refractivity contribution < 1.29 is 9.53 Å². The summed E-state index contributed by atoms with van der Waals surface area (Å²) in [5.41, 5.74) is 3.75. The van der Waals surface area contributed by atoms with E-state index in [1.165, 1.54) is 0 Å². The highest BCUT2D eigenvalue weighted by molar-refractivity contribution is 9.10. The van der Waals surface area contributed by atoms with Crippen LogP contribution in [-0.4, -0.2) is 32.9 Å². The van der Waals surface area contributed by atoms with Gasteiger partial charge < -0.3 is 9.64 Å². The van der Waals surface area contributed by atoms with Gasteiger partial charge in [0.05, 0.1) is 12.3 Å². The number of esters is 1. The number of anilines is 1. The molecule has 0 amide bonds. The van der Waals surface area contributed by atoms with Crippen molar-refractivity contribution in [2.45, 2.75) is 19.8 Å². The van der Waals surface area contributed by atoms with Crippen LogP contribution in [0.15, 0.2) is 51.9 Å². The van der Waals surface area contributed by atoms with Gasteiger partial charge >= 0.3 is 5.97 Å². The minimum Gasteiger partial charge on any atom is -0.465 e. The maximum absolute atomic E-state index is 12.5. The Labute approximate surface area is 157 Å². The fraction of sp³-hybridized carbons (Fsp3) is 0.300. The molecule has 0 aliphatic heterocycles. The second kappa shape index (κ2) is 8.81. The Morgan fingerprint density at radius 2 is 2.00 bits per heavy atom. The lowest BCUT2D eigenvalue weighted by Crippen LogP contribution is -2.18. The van der Waals surface area contributed by atoms with E-state index in [1.807, 2.05) is 68.4 Å². The molecule has 0 spiro atoms. The van der Waals surface area contributed by atoms with Crippen molar-refractivity contribution in [1.82, 2.24) is 0 Å². The van der Waals surface area contributed by atoms with E-state index >= 15 is 0 Å². The van der Waals surface area contributed by atoms with Gasteiger partial charge in [0, 0.05) is 30.5 Å². The van der Waals surface area contributed by atoms with Crippen molar-refractivity contribution in [3.63, 3.8) is 0 Å². The van der Waals surface area contributed by atoms with Gasteiger partial charge in [0.1, 0.15) is 5.92 Å². The molecule has 0 saturated carbocycles. The molecule has 25 heavy (non-hydrogen) atoms. The summed E-state index contributed by atoms with van der Waals surface area (Å²) >= 11 is 3.52. The van der Waals surface area contributed by atoms with Crippen LogP contribution in [0.5, 0.6) is 0 Å². The minimum absolute atomic E-state index is 0.295. The van der Waals surface area contributed by atoms with E-state index in [0.29, 0.717) is 6.61 Å². The molecule has 1 unspecified atom stereocenters. The average Bonchev–Trinajstić information content (AvgIpc) is 2.59. The number of carbonyl (C=O) groups excluding carboxylic acids is 1. The molecule has 2 aromatic rings. The lowest BCUT2D eigenvalue weighted by atomic mass is 9.96. The minimum atomic E-state index is -0.541. The predicted octanol–water partition coefficient (Wildman–Crippen LogP) is 4.87. The number of ether oxygens (including phenoxy) is 1. The summed E-state index contributed by atoms with van der Waals surface area (Å²) in [4.78, 5) is 19.0. The molecule has 5 heteroatoms. The smallest absolute Gasteiger partial charge is 0.318 e. The highest BCUT2D eigenvalue weighted by Gasteiger charge is 2.22. The van der Waals surface area contributed by atoms with Crippen molar-refractivity contribution in [3.05, 3.63) is 58.1 Å². The standard InChI is InChI=1S/C20H23BrN2O2/c1-5-25-20(24)18(17-10-7-11-19(21)14(17)2)13-22-15-8-6-9-16(12-15)23(3)4/h6-13,18H,5H2,1-4H3. The Kier molecular flexibility index (Phi) is 6.76. The molecule has 0 bridgehead atoms. The summed E-state index contributed by atoms with van der Waals surface area (Å²) in [6, 6.07) is 13.7. The number of benzene rings is 2. The van der Waals surface area contributed by atoms with Gasteiger partial charge in [0.25, 0.3) is 0 Å². The molecule has 0 heterocycles. The Balaban J connectivity index is 2.38. The first-order chi connectivity index (χ1) is 11.9. The van der Waals surface area contributed by atoms with Crippen molar-refractivity contribution >= 4 is 39.5 Å². The summed E-state index contributed by atoms with van der Waals surface area (Å²) in [6.07, 6.45) is 1.67. The largest absolute Gasteiger partial charge is 0.465 e. The lowest BCUT2D eigenvalue weighted by Gasteiger charge is -2.15. The van der Waals surface area contributed by atoms with Crippen molar-refractivity contribution in [2.75, 3.05) is 25.6 Å². The Morgan fingerprint density at radius 3 is 2.68 bits per heavy atom. The van der Waals surface area contributed by atoms with Crippen LogP contribution in [0.3, 0.4) is 0 Å². The molecule has 0 radical (unpaired) electrons. The fourth-order valence-corrected chi connectivity index (χ4v) is 2.85. The summed E-state index contributed by atoms with van der Waals surface area (Å²) < 4.78 is 6.21. The number of nitrogens with zero attached hydrogens (tertiary/aromatic N) is 2. The third-order valence-electron chi connectivity index (χ3n) is 3.90. The van der Waals surface area contributed by atoms with E-state index in [-0.39, 0.29) is 5.97 Å². The number of hydrogen-bond donors (Lipinski definition) is 0. The topological polar surface area (TPSA) is 41.9 Å². The molecule has 0 aliphatic rings. The van der Waals surface area contributed by atoms with Gasteiger partial charge in [-0.3, -0.25) is 9.79 Å². The molecule has 0 fully saturated rings. The van der Waals surface area contributed by atoms with Crippen molar-refractivity contribution in [3.8, 4) is 0 Å². The highest BCUT2D eigenvalue weighted by Crippen LogP contribution is 2.27. The molecule has 0 N–H and O–H groups in total. The van der Waals surface area contributed by atoms with E-state index in [1.54, 1.807) is 13.1 Å². The molecule has 0 aliphatic carbocycles. The zero-order valence-electron chi connectivity index (χ0n) is 15.0. The maximum atomic E-state index is 12.5. The fourth-order valence-electron chi connectivity index (χ4n) is 2.47. The van der Waals surface area contributed by atoms with E-state index in [4.69, 9.17) is 4.74 Å². The Hall–Kier alpha value is -2.14. The molecule has 132 valence electrons. The monoisotopic (exact) mass is 402 g/mol. The zero-order valence-corrected chi connectivity index (χ0v) is 16.6. The molecule has 2 rings (SSSR count). The quantitative estimate of drug-likeness (QED) is 0.510. The second-order valence-corrected chi connectivity index (χ2v) is 6.73. The van der Waals surface area contributed by atoms with Gasteiger partial charge in [-0.1, -0.05) is 34.1 Å². The average molecular weight is 403 g/mol. The first kappa shape index (κ1) is 19.2. The SMILES string of the molecule is CCOC(=O)C(C=Nc1cccc(N(C)C)c1)c1cccc(Br)c1C. The first-order valence-electron chi connectivity index (χ1n) is 8.17. The van der Waals surface area contributed by atoms with Crippen LogP contribution in [-0.2, 0) is 9.53 Å². The van der Waals surface area contributed by atoms with Crippen LogP contribution >= 0.6 is 15.9 Å². The third kappa shape index (κ3) is 4.92. The molecule has 2 aromatic carbocycles. The van der Waals surface area contributed by atoms with Gasteiger partial charge in [-0.05, 0) is 49.2 Å². The second-order valence-electron chi connectivity index (χ2n) is 5.88. The van der Waals surface area contributed by atoms with Crippen molar-refractivity contribution in [2.24, 2.45) is 4.99 Å². The number of aliphatic imine (C=N–C) groups is 1. The number of hydrogen-bond acceptors (Lipinski definition) is 4. The molecule has 0 aromatic heterocycles. The summed E-state index contributed by atoms with van der Waals surface area (Å²) in [5.74, 6) is -0.836. The number of rotatable bonds is 6. The first-order valence-corrected chi connectivity index (χ1v) is 8.96. The van der Waals surface area contributed by atoms with Gasteiger partial charge in [0.15, 0.2) is 0 Å².